The zero-order valence-corrected chi connectivity index (χ0v) is 11.2. The zero-order valence-electron chi connectivity index (χ0n) is 11.2. The van der Waals surface area contributed by atoms with Crippen LogP contribution in [0.15, 0.2) is 24.3 Å². The molecule has 0 radical (unpaired) electrons. The first kappa shape index (κ1) is 12.6. The topological polar surface area (TPSA) is 39.2 Å². The molecule has 0 saturated heterocycles. The van der Waals surface area contributed by atoms with Crippen LogP contribution in [0.5, 0.6) is 0 Å². The number of carbonyl (C=O) groups is 1. The third kappa shape index (κ3) is 2.21. The van der Waals surface area contributed by atoms with Crippen LogP contribution >= 0.6 is 0 Å². The van der Waals surface area contributed by atoms with Gasteiger partial charge in [0.05, 0.1) is 22.9 Å². The van der Waals surface area contributed by atoms with Gasteiger partial charge in [-0.3, -0.25) is 4.98 Å². The maximum absolute atomic E-state index is 12.1. The SMILES string of the molecule is Cc1nc2ccccc2c(C)c1C(=O)OC(C)C. The molecule has 18 heavy (non-hydrogen) atoms. The number of fused-ring (bicyclic) bond motifs is 1. The number of pyridine rings is 1. The van der Waals surface area contributed by atoms with E-state index >= 15 is 0 Å². The second-order valence-electron chi connectivity index (χ2n) is 4.67. The number of ether oxygens (including phenoxy) is 1. The maximum atomic E-state index is 12.1. The molecule has 1 heterocycles. The summed E-state index contributed by atoms with van der Waals surface area (Å²) in [4.78, 5) is 16.5. The lowest BCUT2D eigenvalue weighted by Crippen LogP contribution is -2.15. The van der Waals surface area contributed by atoms with Crippen molar-refractivity contribution in [2.24, 2.45) is 0 Å². The molecule has 0 unspecified atom stereocenters. The predicted octanol–water partition coefficient (Wildman–Crippen LogP) is 3.42. The van der Waals surface area contributed by atoms with E-state index in [1.165, 1.54) is 0 Å². The van der Waals surface area contributed by atoms with Gasteiger partial charge in [-0.1, -0.05) is 18.2 Å². The second kappa shape index (κ2) is 4.77. The molecule has 1 aromatic carbocycles. The van der Waals surface area contributed by atoms with Gasteiger partial charge in [0.2, 0.25) is 0 Å². The standard InChI is InChI=1S/C15H17NO2/c1-9(2)18-15(17)14-10(3)12-7-5-6-8-13(12)16-11(14)4/h5-9H,1-4H3. The Morgan fingerprint density at radius 3 is 2.56 bits per heavy atom. The summed E-state index contributed by atoms with van der Waals surface area (Å²) in [7, 11) is 0. The van der Waals surface area contributed by atoms with E-state index in [2.05, 4.69) is 4.98 Å². The number of aromatic nitrogens is 1. The number of hydrogen-bond acceptors (Lipinski definition) is 3. The number of aryl methyl sites for hydroxylation is 2. The van der Waals surface area contributed by atoms with E-state index in [9.17, 15) is 4.79 Å². The molecule has 0 spiro atoms. The first-order chi connectivity index (χ1) is 8.50. The zero-order chi connectivity index (χ0) is 13.3. The van der Waals surface area contributed by atoms with Gasteiger partial charge in [-0.05, 0) is 39.3 Å². The third-order valence-electron chi connectivity index (χ3n) is 2.88. The lowest BCUT2D eigenvalue weighted by Gasteiger charge is -2.13. The van der Waals surface area contributed by atoms with Gasteiger partial charge in [-0.25, -0.2) is 4.79 Å². The number of nitrogens with zero attached hydrogens (tertiary/aromatic N) is 1. The van der Waals surface area contributed by atoms with Gasteiger partial charge >= 0.3 is 5.97 Å². The van der Waals surface area contributed by atoms with Gasteiger partial charge in [0.1, 0.15) is 0 Å². The second-order valence-corrected chi connectivity index (χ2v) is 4.67. The first-order valence-corrected chi connectivity index (χ1v) is 6.07. The van der Waals surface area contributed by atoms with Crippen LogP contribution in [0.3, 0.4) is 0 Å². The Balaban J connectivity index is 2.60. The monoisotopic (exact) mass is 243 g/mol. The summed E-state index contributed by atoms with van der Waals surface area (Å²) in [6, 6.07) is 7.82. The Labute approximate surface area is 107 Å². The molecular formula is C15H17NO2. The summed E-state index contributed by atoms with van der Waals surface area (Å²) < 4.78 is 5.27. The molecule has 0 fully saturated rings. The van der Waals surface area contributed by atoms with Crippen molar-refractivity contribution in [3.63, 3.8) is 0 Å². The molecule has 0 N–H and O–H groups in total. The minimum Gasteiger partial charge on any atom is -0.459 e. The van der Waals surface area contributed by atoms with E-state index in [4.69, 9.17) is 4.74 Å². The van der Waals surface area contributed by atoms with Crippen molar-refractivity contribution in [2.75, 3.05) is 0 Å². The Bertz CT molecular complexity index is 603. The lowest BCUT2D eigenvalue weighted by molar-refractivity contribution is 0.0376. The molecule has 94 valence electrons. The average molecular weight is 243 g/mol. The normalized spacial score (nSPS) is 10.9. The van der Waals surface area contributed by atoms with E-state index < -0.39 is 0 Å². The number of para-hydroxylation sites is 1. The number of carbonyl (C=O) groups excluding carboxylic acids is 1. The van der Waals surface area contributed by atoms with Crippen LogP contribution in [0.2, 0.25) is 0 Å². The minimum atomic E-state index is -0.293. The minimum absolute atomic E-state index is 0.122. The van der Waals surface area contributed by atoms with Crippen LogP contribution in [0.1, 0.15) is 35.5 Å². The van der Waals surface area contributed by atoms with Crippen molar-refractivity contribution in [3.05, 3.63) is 41.1 Å². The predicted molar refractivity (Wildman–Crippen MR) is 71.8 cm³/mol. The van der Waals surface area contributed by atoms with Crippen LogP contribution < -0.4 is 0 Å². The van der Waals surface area contributed by atoms with Crippen molar-refractivity contribution in [1.29, 1.82) is 0 Å². The molecule has 0 amide bonds. The summed E-state index contributed by atoms with van der Waals surface area (Å²) in [5.41, 5.74) is 3.15. The molecular weight excluding hydrogens is 226 g/mol. The molecule has 3 heteroatoms. The van der Waals surface area contributed by atoms with E-state index in [-0.39, 0.29) is 12.1 Å². The molecule has 0 aliphatic heterocycles. The third-order valence-corrected chi connectivity index (χ3v) is 2.88. The first-order valence-electron chi connectivity index (χ1n) is 6.07. The Kier molecular flexibility index (Phi) is 3.32. The Hall–Kier alpha value is -1.90. The van der Waals surface area contributed by atoms with Crippen molar-refractivity contribution in [3.8, 4) is 0 Å². The fourth-order valence-corrected chi connectivity index (χ4v) is 2.10. The molecule has 2 aromatic rings. The van der Waals surface area contributed by atoms with Gasteiger partial charge < -0.3 is 4.74 Å². The number of hydrogen-bond donors (Lipinski definition) is 0. The summed E-state index contributed by atoms with van der Waals surface area (Å²) in [5.74, 6) is -0.293. The van der Waals surface area contributed by atoms with Gasteiger partial charge in [0.15, 0.2) is 0 Å². The Morgan fingerprint density at radius 2 is 1.89 bits per heavy atom. The van der Waals surface area contributed by atoms with Gasteiger partial charge in [-0.2, -0.15) is 0 Å². The van der Waals surface area contributed by atoms with Crippen molar-refractivity contribution in [2.45, 2.75) is 33.8 Å². The molecule has 0 atom stereocenters. The molecule has 2 rings (SSSR count). The van der Waals surface area contributed by atoms with E-state index in [1.54, 1.807) is 0 Å². The lowest BCUT2D eigenvalue weighted by atomic mass is 10.0. The van der Waals surface area contributed by atoms with Crippen LogP contribution in [-0.4, -0.2) is 17.1 Å². The molecule has 0 saturated carbocycles. The quantitative estimate of drug-likeness (QED) is 0.759. The van der Waals surface area contributed by atoms with Gasteiger partial charge in [0, 0.05) is 5.39 Å². The highest BCUT2D eigenvalue weighted by Crippen LogP contribution is 2.23. The number of rotatable bonds is 2. The van der Waals surface area contributed by atoms with Crippen molar-refractivity contribution < 1.29 is 9.53 Å². The summed E-state index contributed by atoms with van der Waals surface area (Å²) in [6.45, 7) is 7.47. The fourth-order valence-electron chi connectivity index (χ4n) is 2.10. The van der Waals surface area contributed by atoms with Gasteiger partial charge in [0.25, 0.3) is 0 Å². The smallest absolute Gasteiger partial charge is 0.340 e. The van der Waals surface area contributed by atoms with E-state index in [0.717, 1.165) is 22.2 Å². The number of benzene rings is 1. The van der Waals surface area contributed by atoms with Gasteiger partial charge in [-0.15, -0.1) is 0 Å². The Morgan fingerprint density at radius 1 is 1.22 bits per heavy atom. The summed E-state index contributed by atoms with van der Waals surface area (Å²) in [6.07, 6.45) is -0.122. The highest BCUT2D eigenvalue weighted by Gasteiger charge is 2.18. The molecule has 3 nitrogen and oxygen atoms in total. The molecule has 1 aromatic heterocycles. The highest BCUT2D eigenvalue weighted by molar-refractivity contribution is 5.98. The molecule has 0 bridgehead atoms. The van der Waals surface area contributed by atoms with Crippen LogP contribution in [0.25, 0.3) is 10.9 Å². The van der Waals surface area contributed by atoms with Crippen LogP contribution in [0.4, 0.5) is 0 Å². The van der Waals surface area contributed by atoms with E-state index in [0.29, 0.717) is 5.56 Å². The van der Waals surface area contributed by atoms with Crippen LogP contribution in [-0.2, 0) is 4.74 Å². The number of esters is 1. The van der Waals surface area contributed by atoms with E-state index in [1.807, 2.05) is 52.0 Å². The summed E-state index contributed by atoms with van der Waals surface area (Å²) in [5, 5.41) is 0.999. The maximum Gasteiger partial charge on any atom is 0.340 e. The van der Waals surface area contributed by atoms with Crippen molar-refractivity contribution >= 4 is 16.9 Å². The fraction of sp³-hybridized carbons (Fsp3) is 0.333. The van der Waals surface area contributed by atoms with Crippen LogP contribution in [0, 0.1) is 13.8 Å². The van der Waals surface area contributed by atoms with Crippen molar-refractivity contribution in [1.82, 2.24) is 4.98 Å². The molecule has 0 aliphatic carbocycles. The summed E-state index contributed by atoms with van der Waals surface area (Å²) >= 11 is 0. The highest BCUT2D eigenvalue weighted by atomic mass is 16.5. The molecule has 0 aliphatic rings. The largest absolute Gasteiger partial charge is 0.459 e. The average Bonchev–Trinajstić information content (AvgIpc) is 2.27.